The van der Waals surface area contributed by atoms with Crippen LogP contribution in [0.25, 0.3) is 0 Å². The molecule has 2 aliphatic rings. The minimum Gasteiger partial charge on any atom is -0.341 e. The number of amides is 1. The van der Waals surface area contributed by atoms with Crippen LogP contribution >= 0.6 is 0 Å². The van der Waals surface area contributed by atoms with Gasteiger partial charge in [0.15, 0.2) is 0 Å². The molecular formula is C14H27N3O. The van der Waals surface area contributed by atoms with Crippen molar-refractivity contribution >= 4 is 5.91 Å². The number of carbonyl (C=O) groups is 1. The van der Waals surface area contributed by atoms with E-state index >= 15 is 0 Å². The first-order valence-corrected chi connectivity index (χ1v) is 7.41. The van der Waals surface area contributed by atoms with Crippen LogP contribution in [-0.4, -0.2) is 61.5 Å². The zero-order valence-corrected chi connectivity index (χ0v) is 11.8. The van der Waals surface area contributed by atoms with Gasteiger partial charge in [0.05, 0.1) is 6.04 Å². The second kappa shape index (κ2) is 6.53. The van der Waals surface area contributed by atoms with E-state index in [9.17, 15) is 4.79 Å². The number of piperidine rings is 1. The fraction of sp³-hybridized carbons (Fsp3) is 0.929. The van der Waals surface area contributed by atoms with Crippen molar-refractivity contribution in [1.82, 2.24) is 15.1 Å². The smallest absolute Gasteiger partial charge is 0.239 e. The van der Waals surface area contributed by atoms with Crippen molar-refractivity contribution in [2.75, 3.05) is 39.8 Å². The normalized spacial score (nSPS) is 30.1. The molecular weight excluding hydrogens is 226 g/mol. The van der Waals surface area contributed by atoms with Gasteiger partial charge in [-0.1, -0.05) is 6.92 Å². The molecule has 0 aromatic heterocycles. The summed E-state index contributed by atoms with van der Waals surface area (Å²) in [5.74, 6) is 1.02. The number of hydrogen-bond acceptors (Lipinski definition) is 3. The summed E-state index contributed by atoms with van der Waals surface area (Å²) in [5.41, 5.74) is 0. The van der Waals surface area contributed by atoms with Crippen LogP contribution in [-0.2, 0) is 4.79 Å². The molecule has 0 radical (unpaired) electrons. The summed E-state index contributed by atoms with van der Waals surface area (Å²) in [6.07, 6.45) is 4.50. The maximum absolute atomic E-state index is 12.4. The number of rotatable bonds is 5. The van der Waals surface area contributed by atoms with Crippen LogP contribution in [0, 0.1) is 5.92 Å². The molecule has 4 heteroatoms. The fourth-order valence-corrected chi connectivity index (χ4v) is 3.12. The van der Waals surface area contributed by atoms with Crippen molar-refractivity contribution in [1.29, 1.82) is 0 Å². The molecule has 0 saturated carbocycles. The topological polar surface area (TPSA) is 35.6 Å². The molecule has 0 spiro atoms. The van der Waals surface area contributed by atoms with Gasteiger partial charge in [-0.25, -0.2) is 0 Å². The molecule has 18 heavy (non-hydrogen) atoms. The molecule has 1 N–H and O–H groups in total. The molecule has 2 rings (SSSR count). The Kier molecular flexibility index (Phi) is 5.01. The maximum atomic E-state index is 12.4. The lowest BCUT2D eigenvalue weighted by Gasteiger charge is -2.34. The second-order valence-corrected chi connectivity index (χ2v) is 5.85. The van der Waals surface area contributed by atoms with E-state index in [1.54, 1.807) is 0 Å². The van der Waals surface area contributed by atoms with Crippen LogP contribution < -0.4 is 5.32 Å². The van der Waals surface area contributed by atoms with Gasteiger partial charge in [0.1, 0.15) is 0 Å². The van der Waals surface area contributed by atoms with E-state index in [0.29, 0.717) is 11.8 Å². The lowest BCUT2D eigenvalue weighted by Crippen LogP contribution is -2.52. The minimum atomic E-state index is 0.0813. The Labute approximate surface area is 111 Å². The SMILES string of the molecule is CCCNC1CCCN(CC2CCN(C)C2)C1=O. The molecule has 2 fully saturated rings. The number of hydrogen-bond donors (Lipinski definition) is 1. The number of nitrogens with zero attached hydrogens (tertiary/aromatic N) is 2. The Morgan fingerprint density at radius 1 is 1.33 bits per heavy atom. The van der Waals surface area contributed by atoms with E-state index < -0.39 is 0 Å². The van der Waals surface area contributed by atoms with Crippen LogP contribution in [0.3, 0.4) is 0 Å². The third-order valence-electron chi connectivity index (χ3n) is 4.14. The first-order chi connectivity index (χ1) is 8.70. The highest BCUT2D eigenvalue weighted by atomic mass is 16.2. The van der Waals surface area contributed by atoms with Gasteiger partial charge in [0.25, 0.3) is 0 Å². The molecule has 2 atom stereocenters. The Morgan fingerprint density at radius 2 is 2.17 bits per heavy atom. The van der Waals surface area contributed by atoms with E-state index in [-0.39, 0.29) is 6.04 Å². The largest absolute Gasteiger partial charge is 0.341 e. The monoisotopic (exact) mass is 253 g/mol. The molecule has 104 valence electrons. The molecule has 2 heterocycles. The molecule has 0 aromatic rings. The lowest BCUT2D eigenvalue weighted by atomic mass is 10.0. The van der Waals surface area contributed by atoms with Gasteiger partial charge in [-0.05, 0) is 51.7 Å². The summed E-state index contributed by atoms with van der Waals surface area (Å²) in [7, 11) is 2.17. The van der Waals surface area contributed by atoms with Crippen molar-refractivity contribution in [3.63, 3.8) is 0 Å². The first kappa shape index (κ1) is 13.8. The van der Waals surface area contributed by atoms with Crippen LogP contribution in [0.1, 0.15) is 32.6 Å². The summed E-state index contributed by atoms with van der Waals surface area (Å²) >= 11 is 0. The predicted octanol–water partition coefficient (Wildman–Crippen LogP) is 0.929. The molecule has 0 bridgehead atoms. The van der Waals surface area contributed by atoms with Crippen LogP contribution in [0.5, 0.6) is 0 Å². The van der Waals surface area contributed by atoms with Crippen LogP contribution in [0.4, 0.5) is 0 Å². The lowest BCUT2D eigenvalue weighted by molar-refractivity contribution is -0.136. The minimum absolute atomic E-state index is 0.0813. The van der Waals surface area contributed by atoms with Gasteiger partial charge in [0.2, 0.25) is 5.91 Å². The van der Waals surface area contributed by atoms with Crippen LogP contribution in [0.2, 0.25) is 0 Å². The van der Waals surface area contributed by atoms with Gasteiger partial charge in [0, 0.05) is 19.6 Å². The Hall–Kier alpha value is -0.610. The van der Waals surface area contributed by atoms with Gasteiger partial charge < -0.3 is 15.1 Å². The Morgan fingerprint density at radius 3 is 2.83 bits per heavy atom. The highest BCUT2D eigenvalue weighted by Crippen LogP contribution is 2.19. The van der Waals surface area contributed by atoms with Crippen LogP contribution in [0.15, 0.2) is 0 Å². The Bertz CT molecular complexity index is 282. The molecule has 4 nitrogen and oxygen atoms in total. The van der Waals surface area contributed by atoms with Crippen molar-refractivity contribution in [3.05, 3.63) is 0 Å². The molecule has 1 amide bonds. The molecule has 0 aromatic carbocycles. The highest BCUT2D eigenvalue weighted by Gasteiger charge is 2.31. The van der Waals surface area contributed by atoms with Gasteiger partial charge in [-0.3, -0.25) is 4.79 Å². The van der Waals surface area contributed by atoms with Gasteiger partial charge >= 0.3 is 0 Å². The van der Waals surface area contributed by atoms with E-state index in [0.717, 1.165) is 45.4 Å². The van der Waals surface area contributed by atoms with Crippen molar-refractivity contribution in [2.45, 2.75) is 38.6 Å². The third-order valence-corrected chi connectivity index (χ3v) is 4.14. The molecule has 2 unspecified atom stereocenters. The van der Waals surface area contributed by atoms with Gasteiger partial charge in [-0.15, -0.1) is 0 Å². The van der Waals surface area contributed by atoms with E-state index in [1.165, 1.54) is 13.0 Å². The van der Waals surface area contributed by atoms with E-state index in [4.69, 9.17) is 0 Å². The average Bonchev–Trinajstić information content (AvgIpc) is 2.76. The number of likely N-dealkylation sites (tertiary alicyclic amines) is 2. The second-order valence-electron chi connectivity index (χ2n) is 5.85. The first-order valence-electron chi connectivity index (χ1n) is 7.41. The standard InChI is InChI=1S/C14H27N3O/c1-3-7-15-13-5-4-8-17(14(13)18)11-12-6-9-16(2)10-12/h12-13,15H,3-11H2,1-2H3. The zero-order valence-electron chi connectivity index (χ0n) is 11.8. The summed E-state index contributed by atoms with van der Waals surface area (Å²) in [6.45, 7) is 7.36. The fourth-order valence-electron chi connectivity index (χ4n) is 3.12. The summed E-state index contributed by atoms with van der Waals surface area (Å²) in [4.78, 5) is 16.8. The summed E-state index contributed by atoms with van der Waals surface area (Å²) < 4.78 is 0. The third kappa shape index (κ3) is 3.45. The van der Waals surface area contributed by atoms with Crippen molar-refractivity contribution in [3.8, 4) is 0 Å². The maximum Gasteiger partial charge on any atom is 0.239 e. The number of nitrogens with one attached hydrogen (secondary N) is 1. The van der Waals surface area contributed by atoms with Crippen molar-refractivity contribution in [2.24, 2.45) is 5.92 Å². The molecule has 0 aliphatic carbocycles. The predicted molar refractivity (Wildman–Crippen MR) is 73.5 cm³/mol. The van der Waals surface area contributed by atoms with E-state index in [1.807, 2.05) is 0 Å². The molecule has 2 aliphatic heterocycles. The van der Waals surface area contributed by atoms with E-state index in [2.05, 4.69) is 29.1 Å². The summed E-state index contributed by atoms with van der Waals surface area (Å²) in [5, 5.41) is 3.38. The summed E-state index contributed by atoms with van der Waals surface area (Å²) in [6, 6.07) is 0.0813. The van der Waals surface area contributed by atoms with Gasteiger partial charge in [-0.2, -0.15) is 0 Å². The molecule has 2 saturated heterocycles. The highest BCUT2D eigenvalue weighted by molar-refractivity contribution is 5.82. The average molecular weight is 253 g/mol. The number of carbonyl (C=O) groups excluding carboxylic acids is 1. The Balaban J connectivity index is 1.82. The zero-order chi connectivity index (χ0) is 13.0. The van der Waals surface area contributed by atoms with Crippen molar-refractivity contribution < 1.29 is 4.79 Å². The quantitative estimate of drug-likeness (QED) is 0.792.